The number of aromatic amines is 1. The molecule has 0 saturated carbocycles. The van der Waals surface area contributed by atoms with E-state index in [2.05, 4.69) is 15.0 Å². The van der Waals surface area contributed by atoms with E-state index in [0.717, 1.165) is 6.20 Å². The minimum Gasteiger partial charge on any atom is -0.356 e. The number of imidazole rings is 1. The van der Waals surface area contributed by atoms with Crippen molar-refractivity contribution in [2.45, 2.75) is 19.3 Å². The minimum absolute atomic E-state index is 0.113. The number of piperidine rings is 1. The smallest absolute Gasteiger partial charge is 0.244 e. The molecule has 0 spiro atoms. The number of nitrogens with one attached hydrogen (secondary N) is 2. The molecule has 1 amide bonds. The highest BCUT2D eigenvalue weighted by Gasteiger charge is 2.34. The van der Waals surface area contributed by atoms with E-state index in [1.54, 1.807) is 5.32 Å². The van der Waals surface area contributed by atoms with Crippen LogP contribution in [0.5, 0.6) is 0 Å². The van der Waals surface area contributed by atoms with Crippen LogP contribution in [0.25, 0.3) is 11.5 Å². The molecular formula is C18H21ClFN5O3S. The summed E-state index contributed by atoms with van der Waals surface area (Å²) >= 11 is 6.31. The normalized spacial score (nSPS) is 22.8. The van der Waals surface area contributed by atoms with E-state index in [1.165, 1.54) is 16.4 Å². The number of sulfonamides is 1. The molecule has 3 rings (SSSR count). The van der Waals surface area contributed by atoms with Crippen molar-refractivity contribution in [1.82, 2.24) is 24.6 Å². The van der Waals surface area contributed by atoms with Crippen LogP contribution < -0.4 is 5.32 Å². The Hall–Kier alpha value is -2.30. The average molecular weight is 445 g/mol. The van der Waals surface area contributed by atoms with Crippen LogP contribution in [0.15, 0.2) is 29.8 Å². The van der Waals surface area contributed by atoms with Crippen molar-refractivity contribution in [2.24, 2.45) is 5.92 Å². The lowest BCUT2D eigenvalue weighted by Crippen LogP contribution is -2.41. The number of amides is 1. The van der Waals surface area contributed by atoms with Gasteiger partial charge in [-0.3, -0.25) is 4.79 Å². The molecule has 2 N–H and O–H groups in total. The van der Waals surface area contributed by atoms with Crippen molar-refractivity contribution in [2.75, 3.05) is 20.1 Å². The molecule has 0 aromatic carbocycles. The van der Waals surface area contributed by atoms with Crippen LogP contribution in [0.3, 0.4) is 0 Å². The second-order valence-corrected chi connectivity index (χ2v) is 8.90. The molecule has 0 radical (unpaired) electrons. The van der Waals surface area contributed by atoms with Crippen LogP contribution in [0.1, 0.15) is 29.1 Å². The molecular weight excluding hydrogens is 421 g/mol. The lowest BCUT2D eigenvalue weighted by molar-refractivity contribution is -0.116. The van der Waals surface area contributed by atoms with Crippen LogP contribution in [-0.2, 0) is 14.8 Å². The number of nitrogens with zero attached hydrogens (tertiary/aromatic N) is 3. The first-order valence-corrected chi connectivity index (χ1v) is 10.6. The van der Waals surface area contributed by atoms with Gasteiger partial charge in [0.2, 0.25) is 15.9 Å². The van der Waals surface area contributed by atoms with Gasteiger partial charge in [-0.05, 0) is 24.5 Å². The topological polar surface area (TPSA) is 108 Å². The highest BCUT2D eigenvalue weighted by Crippen LogP contribution is 2.37. The predicted molar refractivity (Wildman–Crippen MR) is 107 cm³/mol. The van der Waals surface area contributed by atoms with Crippen molar-refractivity contribution in [3.05, 3.63) is 46.5 Å². The quantitative estimate of drug-likeness (QED) is 0.688. The first kappa shape index (κ1) is 17.5. The maximum Gasteiger partial charge on any atom is 0.244 e. The number of pyridine rings is 1. The highest BCUT2D eigenvalue weighted by atomic mass is 35.5. The van der Waals surface area contributed by atoms with Crippen LogP contribution >= 0.6 is 11.6 Å². The zero-order valence-electron chi connectivity index (χ0n) is 18.4. The van der Waals surface area contributed by atoms with Crippen molar-refractivity contribution in [3.63, 3.8) is 0 Å². The number of hydrogen-bond acceptors (Lipinski definition) is 5. The van der Waals surface area contributed by atoms with Gasteiger partial charge in [-0.15, -0.1) is 0 Å². The predicted octanol–water partition coefficient (Wildman–Crippen LogP) is 2.28. The van der Waals surface area contributed by atoms with Gasteiger partial charge in [0.05, 0.1) is 17.3 Å². The first-order valence-electron chi connectivity index (χ1n) is 10.2. The Balaban J connectivity index is 1.70. The van der Waals surface area contributed by atoms with E-state index in [1.807, 2.05) is 6.92 Å². The summed E-state index contributed by atoms with van der Waals surface area (Å²) in [7, 11) is -3.92. The zero-order valence-corrected chi connectivity index (χ0v) is 17.0. The average Bonchev–Trinajstić information content (AvgIpc) is 3.07. The van der Waals surface area contributed by atoms with E-state index >= 15 is 0 Å². The summed E-state index contributed by atoms with van der Waals surface area (Å²) in [6.07, 6.45) is 2.20. The zero-order chi connectivity index (χ0) is 23.7. The Bertz CT molecular complexity index is 1120. The Morgan fingerprint density at radius 1 is 1.52 bits per heavy atom. The molecule has 0 aliphatic carbocycles. The van der Waals surface area contributed by atoms with Crippen LogP contribution in [0, 0.1) is 11.7 Å². The fourth-order valence-corrected chi connectivity index (χ4v) is 4.83. The van der Waals surface area contributed by atoms with Gasteiger partial charge in [0.1, 0.15) is 11.5 Å². The number of H-pyrrole nitrogens is 1. The number of likely N-dealkylation sites (N-methyl/N-ethyl adjacent to an activating group) is 1. The molecule has 11 heteroatoms. The van der Waals surface area contributed by atoms with E-state index in [9.17, 15) is 17.6 Å². The van der Waals surface area contributed by atoms with Gasteiger partial charge in [0.15, 0.2) is 11.0 Å². The molecule has 2 aromatic rings. The van der Waals surface area contributed by atoms with E-state index in [4.69, 9.17) is 15.7 Å². The molecule has 2 aromatic heterocycles. The summed E-state index contributed by atoms with van der Waals surface area (Å²) < 4.78 is 60.4. The summed E-state index contributed by atoms with van der Waals surface area (Å²) in [5, 5.41) is 2.63. The molecule has 1 saturated heterocycles. The molecule has 3 heterocycles. The number of aromatic nitrogens is 3. The van der Waals surface area contributed by atoms with Gasteiger partial charge < -0.3 is 10.3 Å². The number of carbonyl (C=O) groups excluding carboxylic acids is 1. The summed E-state index contributed by atoms with van der Waals surface area (Å²) in [4.78, 5) is 22.9. The minimum atomic E-state index is -3.92. The Labute approximate surface area is 177 Å². The summed E-state index contributed by atoms with van der Waals surface area (Å²) in [6, 6.07) is 2.73. The van der Waals surface area contributed by atoms with Crippen LogP contribution in [0.4, 0.5) is 4.39 Å². The number of hydrogen-bond donors (Lipinski definition) is 2. The molecule has 1 fully saturated rings. The molecule has 0 unspecified atom stereocenters. The number of carbonyl (C=O) groups is 1. The lowest BCUT2D eigenvalue weighted by atomic mass is 9.86. The highest BCUT2D eigenvalue weighted by molar-refractivity contribution is 7.92. The van der Waals surface area contributed by atoms with E-state index in [-0.39, 0.29) is 30.1 Å². The molecule has 1 aliphatic heterocycles. The van der Waals surface area contributed by atoms with Gasteiger partial charge in [-0.25, -0.2) is 22.8 Å². The molecule has 0 bridgehead atoms. The van der Waals surface area contributed by atoms with Crippen molar-refractivity contribution >= 4 is 27.5 Å². The summed E-state index contributed by atoms with van der Waals surface area (Å²) in [6.45, 7) is -0.506. The van der Waals surface area contributed by atoms with Crippen LogP contribution in [0.2, 0.25) is 5.15 Å². The fraction of sp³-hybridized carbons (Fsp3) is 0.389. The Kier molecular flexibility index (Phi) is 5.20. The summed E-state index contributed by atoms with van der Waals surface area (Å²) in [5.74, 6) is -1.37. The first-order chi connectivity index (χ1) is 14.9. The third-order valence-corrected chi connectivity index (χ3v) is 6.59. The standard InChI is InChI=1S/C18H21ClFN5O3S/c1-11-10-25(29(27,28)8-6-15(26)21-2)7-5-13(11)16-17(19)24-18(23-16)14-4-3-12(20)9-22-14/h3-4,6,8-9,11,13H,5,7,10H2,1-2H3,(H,21,26)(H,23,24)/t11-,13+/m0/s1/i2D3. The largest absolute Gasteiger partial charge is 0.356 e. The van der Waals surface area contributed by atoms with Gasteiger partial charge in [-0.1, -0.05) is 18.5 Å². The van der Waals surface area contributed by atoms with Crippen molar-refractivity contribution < 1.29 is 21.7 Å². The van der Waals surface area contributed by atoms with Gasteiger partial charge >= 0.3 is 0 Å². The maximum absolute atomic E-state index is 13.1. The van der Waals surface area contributed by atoms with Gasteiger partial charge in [0.25, 0.3) is 0 Å². The van der Waals surface area contributed by atoms with E-state index in [0.29, 0.717) is 35.1 Å². The SMILES string of the molecule is [2H]C([2H])([2H])NC(=O)C=CS(=O)(=O)N1CC[C@@H](c2[nH]c(-c3ccc(F)cn3)nc2Cl)[C@@H](C)C1. The van der Waals surface area contributed by atoms with Crippen molar-refractivity contribution in [1.29, 1.82) is 0 Å². The lowest BCUT2D eigenvalue weighted by Gasteiger charge is -2.35. The van der Waals surface area contributed by atoms with Gasteiger partial charge in [-0.2, -0.15) is 4.31 Å². The third-order valence-electron chi connectivity index (χ3n) is 4.77. The Morgan fingerprint density at radius 2 is 2.31 bits per heavy atom. The molecule has 2 atom stereocenters. The number of rotatable bonds is 5. The Morgan fingerprint density at radius 3 is 2.97 bits per heavy atom. The number of halogens is 2. The summed E-state index contributed by atoms with van der Waals surface area (Å²) in [5.41, 5.74) is 1.07. The van der Waals surface area contributed by atoms with Crippen LogP contribution in [-0.4, -0.2) is 53.6 Å². The molecule has 156 valence electrons. The fourth-order valence-electron chi connectivity index (χ4n) is 3.29. The second-order valence-electron chi connectivity index (χ2n) is 6.72. The monoisotopic (exact) mass is 444 g/mol. The molecule has 29 heavy (non-hydrogen) atoms. The molecule has 8 nitrogen and oxygen atoms in total. The van der Waals surface area contributed by atoms with E-state index < -0.39 is 28.7 Å². The third kappa shape index (κ3) is 4.82. The van der Waals surface area contributed by atoms with Crippen molar-refractivity contribution in [3.8, 4) is 11.5 Å². The van der Waals surface area contributed by atoms with Gasteiger partial charge in [0, 0.05) is 36.2 Å². The maximum atomic E-state index is 13.1. The second kappa shape index (κ2) is 8.60. The molecule has 1 aliphatic rings.